The van der Waals surface area contributed by atoms with Crippen molar-refractivity contribution in [2.45, 2.75) is 19.4 Å². The van der Waals surface area contributed by atoms with Gasteiger partial charge in [-0.1, -0.05) is 6.07 Å². The van der Waals surface area contributed by atoms with Gasteiger partial charge in [-0.3, -0.25) is 0 Å². The topological polar surface area (TPSA) is 89.9 Å². The smallest absolute Gasteiger partial charge is 0.340 e. The minimum atomic E-state index is -1.45. The lowest BCUT2D eigenvalue weighted by Crippen LogP contribution is -2.33. The lowest BCUT2D eigenvalue weighted by Gasteiger charge is -2.19. The number of carboxylic acids is 1. The number of aliphatic hydroxyl groups is 1. The number of aliphatic hydroxyl groups excluding tert-OH is 1. The molecule has 0 aliphatic carbocycles. The van der Waals surface area contributed by atoms with Crippen LogP contribution in [0.25, 0.3) is 0 Å². The summed E-state index contributed by atoms with van der Waals surface area (Å²) in [4.78, 5) is 24.1. The van der Waals surface area contributed by atoms with E-state index >= 15 is 0 Å². The maximum absolute atomic E-state index is 13.4. The van der Waals surface area contributed by atoms with Gasteiger partial charge in [-0.2, -0.15) is 0 Å². The number of benzene rings is 1. The SMILES string of the molecule is CC(O)CCN(C)C(=O)Nc1cccc(F)c1C(=O)O. The van der Waals surface area contributed by atoms with E-state index in [-0.39, 0.29) is 5.69 Å². The largest absolute Gasteiger partial charge is 0.478 e. The lowest BCUT2D eigenvalue weighted by molar-refractivity contribution is 0.0693. The van der Waals surface area contributed by atoms with Gasteiger partial charge in [-0.05, 0) is 25.5 Å². The number of amides is 2. The molecule has 1 aromatic carbocycles. The molecule has 0 saturated carbocycles. The third kappa shape index (κ3) is 4.20. The third-order valence-corrected chi connectivity index (χ3v) is 2.70. The van der Waals surface area contributed by atoms with E-state index in [2.05, 4.69) is 5.32 Å². The molecule has 1 aromatic rings. The second-order valence-electron chi connectivity index (χ2n) is 4.46. The fourth-order valence-electron chi connectivity index (χ4n) is 1.54. The summed E-state index contributed by atoms with van der Waals surface area (Å²) in [6.07, 6.45) is -0.159. The third-order valence-electron chi connectivity index (χ3n) is 2.70. The van der Waals surface area contributed by atoms with Crippen molar-refractivity contribution in [3.63, 3.8) is 0 Å². The molecule has 1 atom stereocenters. The Morgan fingerprint density at radius 1 is 1.45 bits per heavy atom. The maximum Gasteiger partial charge on any atom is 0.340 e. The Kier molecular flexibility index (Phi) is 5.45. The molecule has 110 valence electrons. The zero-order chi connectivity index (χ0) is 15.3. The van der Waals surface area contributed by atoms with Crippen LogP contribution >= 0.6 is 0 Å². The number of hydrogen-bond donors (Lipinski definition) is 3. The Balaban J connectivity index is 2.80. The molecule has 1 rings (SSSR count). The van der Waals surface area contributed by atoms with E-state index < -0.39 is 29.5 Å². The van der Waals surface area contributed by atoms with Crippen molar-refractivity contribution >= 4 is 17.7 Å². The minimum Gasteiger partial charge on any atom is -0.478 e. The van der Waals surface area contributed by atoms with Gasteiger partial charge in [0.1, 0.15) is 11.4 Å². The van der Waals surface area contributed by atoms with Crippen LogP contribution < -0.4 is 5.32 Å². The first-order valence-corrected chi connectivity index (χ1v) is 6.05. The van der Waals surface area contributed by atoms with Gasteiger partial charge in [-0.15, -0.1) is 0 Å². The molecule has 3 N–H and O–H groups in total. The minimum absolute atomic E-state index is 0.105. The molecule has 6 nitrogen and oxygen atoms in total. The Bertz CT molecular complexity index is 505. The van der Waals surface area contributed by atoms with Crippen LogP contribution in [0.5, 0.6) is 0 Å². The van der Waals surface area contributed by atoms with E-state index in [0.717, 1.165) is 6.07 Å². The van der Waals surface area contributed by atoms with Gasteiger partial charge in [0.25, 0.3) is 0 Å². The molecule has 0 radical (unpaired) electrons. The van der Waals surface area contributed by atoms with Crippen LogP contribution in [-0.4, -0.2) is 46.8 Å². The van der Waals surface area contributed by atoms with Gasteiger partial charge in [0, 0.05) is 13.6 Å². The normalized spacial score (nSPS) is 11.8. The molecule has 20 heavy (non-hydrogen) atoms. The van der Waals surface area contributed by atoms with Gasteiger partial charge in [0.2, 0.25) is 0 Å². The van der Waals surface area contributed by atoms with E-state index in [1.807, 2.05) is 0 Å². The number of nitrogens with one attached hydrogen (secondary N) is 1. The van der Waals surface area contributed by atoms with Gasteiger partial charge >= 0.3 is 12.0 Å². The number of halogens is 1. The van der Waals surface area contributed by atoms with Gasteiger partial charge < -0.3 is 20.4 Å². The van der Waals surface area contributed by atoms with Crippen LogP contribution in [0, 0.1) is 5.82 Å². The second-order valence-corrected chi connectivity index (χ2v) is 4.46. The molecular formula is C13H17FN2O4. The first-order chi connectivity index (χ1) is 9.32. The number of nitrogens with zero attached hydrogens (tertiary/aromatic N) is 1. The van der Waals surface area contributed by atoms with Crippen molar-refractivity contribution in [2.75, 3.05) is 18.9 Å². The van der Waals surface area contributed by atoms with Crippen molar-refractivity contribution in [2.24, 2.45) is 0 Å². The number of carbonyl (C=O) groups is 2. The van der Waals surface area contributed by atoms with Gasteiger partial charge in [0.05, 0.1) is 11.8 Å². The number of aromatic carboxylic acids is 1. The van der Waals surface area contributed by atoms with Crippen molar-refractivity contribution < 1.29 is 24.2 Å². The van der Waals surface area contributed by atoms with Crippen LogP contribution in [0.2, 0.25) is 0 Å². The zero-order valence-electron chi connectivity index (χ0n) is 11.3. The summed E-state index contributed by atoms with van der Waals surface area (Å²) in [5.41, 5.74) is -0.684. The number of carboxylic acid groups (broad SMARTS) is 1. The average molecular weight is 284 g/mol. The van der Waals surface area contributed by atoms with E-state index in [1.165, 1.54) is 24.1 Å². The Morgan fingerprint density at radius 3 is 2.65 bits per heavy atom. The van der Waals surface area contributed by atoms with Crippen LogP contribution in [-0.2, 0) is 0 Å². The first kappa shape index (κ1) is 15.9. The van der Waals surface area contributed by atoms with Crippen LogP contribution in [0.1, 0.15) is 23.7 Å². The number of rotatable bonds is 5. The second kappa shape index (κ2) is 6.85. The molecule has 0 fully saturated rings. The standard InChI is InChI=1S/C13H17FN2O4/c1-8(17)6-7-16(2)13(20)15-10-5-3-4-9(14)11(10)12(18)19/h3-5,8,17H,6-7H2,1-2H3,(H,15,20)(H,18,19). The fraction of sp³-hybridized carbons (Fsp3) is 0.385. The van der Waals surface area contributed by atoms with E-state index in [0.29, 0.717) is 13.0 Å². The highest BCUT2D eigenvalue weighted by atomic mass is 19.1. The highest BCUT2D eigenvalue weighted by Crippen LogP contribution is 2.19. The van der Waals surface area contributed by atoms with Crippen molar-refractivity contribution in [1.82, 2.24) is 4.90 Å². The predicted octanol–water partition coefficient (Wildman–Crippen LogP) is 1.76. The molecular weight excluding hydrogens is 267 g/mol. The number of urea groups is 1. The molecule has 0 bridgehead atoms. The summed E-state index contributed by atoms with van der Waals surface area (Å²) < 4.78 is 13.4. The van der Waals surface area contributed by atoms with E-state index in [4.69, 9.17) is 10.2 Å². The summed E-state index contributed by atoms with van der Waals surface area (Å²) in [5.74, 6) is -2.37. The molecule has 0 saturated heterocycles. The quantitative estimate of drug-likeness (QED) is 0.768. The van der Waals surface area contributed by atoms with Crippen molar-refractivity contribution in [3.8, 4) is 0 Å². The summed E-state index contributed by atoms with van der Waals surface area (Å²) in [6.45, 7) is 1.89. The Labute approximate surface area is 115 Å². The summed E-state index contributed by atoms with van der Waals surface area (Å²) in [6, 6.07) is 3.06. The molecule has 0 heterocycles. The molecule has 0 aromatic heterocycles. The maximum atomic E-state index is 13.4. The monoisotopic (exact) mass is 284 g/mol. The predicted molar refractivity (Wildman–Crippen MR) is 71.3 cm³/mol. The molecule has 0 spiro atoms. The van der Waals surface area contributed by atoms with Gasteiger partial charge in [-0.25, -0.2) is 14.0 Å². The average Bonchev–Trinajstić information content (AvgIpc) is 2.35. The number of carbonyl (C=O) groups excluding carboxylic acids is 1. The molecule has 1 unspecified atom stereocenters. The lowest BCUT2D eigenvalue weighted by atomic mass is 10.1. The first-order valence-electron chi connectivity index (χ1n) is 6.05. The highest BCUT2D eigenvalue weighted by molar-refractivity contribution is 6.00. The highest BCUT2D eigenvalue weighted by Gasteiger charge is 2.18. The molecule has 0 aliphatic rings. The van der Waals surface area contributed by atoms with Gasteiger partial charge in [0.15, 0.2) is 0 Å². The van der Waals surface area contributed by atoms with Crippen LogP contribution in [0.4, 0.5) is 14.9 Å². The number of anilines is 1. The summed E-state index contributed by atoms with van der Waals surface area (Å²) >= 11 is 0. The van der Waals surface area contributed by atoms with Crippen LogP contribution in [0.15, 0.2) is 18.2 Å². The van der Waals surface area contributed by atoms with Crippen LogP contribution in [0.3, 0.4) is 0 Å². The van der Waals surface area contributed by atoms with E-state index in [9.17, 15) is 14.0 Å². The van der Waals surface area contributed by atoms with Crippen molar-refractivity contribution in [1.29, 1.82) is 0 Å². The number of hydrogen-bond acceptors (Lipinski definition) is 3. The van der Waals surface area contributed by atoms with E-state index in [1.54, 1.807) is 6.92 Å². The van der Waals surface area contributed by atoms with Crippen molar-refractivity contribution in [3.05, 3.63) is 29.6 Å². The fourth-order valence-corrected chi connectivity index (χ4v) is 1.54. The Morgan fingerprint density at radius 2 is 2.10 bits per heavy atom. The summed E-state index contributed by atoms with van der Waals surface area (Å²) in [7, 11) is 1.50. The molecule has 0 aliphatic heterocycles. The molecule has 2 amide bonds. The molecule has 7 heteroatoms. The summed E-state index contributed by atoms with van der Waals surface area (Å²) in [5, 5.41) is 20.4. The zero-order valence-corrected chi connectivity index (χ0v) is 11.3. The Hall–Kier alpha value is -2.15.